The molecule has 0 unspecified atom stereocenters. The molecule has 4 rings (SSSR count). The standard InChI is InChI=1S/C24H24N4O3/c29-23(27-20-8-9-20)19-4-1-5-21(13-19)28-24(30)26-15-17-6-10-22(11-7-17)31-16-18-3-2-12-25-14-18/h1-7,10-14,20H,8-9,15-16H2,(H,27,29)(H2,26,28,30). The molecule has 3 N–H and O–H groups in total. The van der Waals surface area contributed by atoms with Gasteiger partial charge in [0.2, 0.25) is 0 Å². The molecule has 1 fully saturated rings. The lowest BCUT2D eigenvalue weighted by Crippen LogP contribution is -2.28. The first-order valence-corrected chi connectivity index (χ1v) is 10.2. The minimum absolute atomic E-state index is 0.114. The second kappa shape index (κ2) is 9.75. The average molecular weight is 416 g/mol. The minimum Gasteiger partial charge on any atom is -0.489 e. The van der Waals surface area contributed by atoms with Gasteiger partial charge in [0.25, 0.3) is 5.91 Å². The first-order chi connectivity index (χ1) is 15.2. The van der Waals surface area contributed by atoms with Gasteiger partial charge < -0.3 is 20.7 Å². The van der Waals surface area contributed by atoms with Crippen LogP contribution in [0.3, 0.4) is 0 Å². The molecular formula is C24H24N4O3. The van der Waals surface area contributed by atoms with E-state index in [1.165, 1.54) is 0 Å². The van der Waals surface area contributed by atoms with Gasteiger partial charge in [0, 0.05) is 41.8 Å². The predicted molar refractivity (Wildman–Crippen MR) is 118 cm³/mol. The van der Waals surface area contributed by atoms with Gasteiger partial charge in [-0.15, -0.1) is 0 Å². The number of carbonyl (C=O) groups is 2. The lowest BCUT2D eigenvalue weighted by Gasteiger charge is -2.10. The van der Waals surface area contributed by atoms with Crippen LogP contribution in [0, 0.1) is 0 Å². The molecule has 2 aromatic carbocycles. The van der Waals surface area contributed by atoms with Crippen molar-refractivity contribution in [3.05, 3.63) is 89.7 Å². The van der Waals surface area contributed by atoms with Crippen molar-refractivity contribution in [2.45, 2.75) is 32.0 Å². The smallest absolute Gasteiger partial charge is 0.319 e. The number of amides is 3. The molecule has 1 heterocycles. The highest BCUT2D eigenvalue weighted by molar-refractivity contribution is 5.97. The molecule has 1 aliphatic carbocycles. The summed E-state index contributed by atoms with van der Waals surface area (Å²) in [6, 6.07) is 18.2. The van der Waals surface area contributed by atoms with Crippen molar-refractivity contribution < 1.29 is 14.3 Å². The summed E-state index contributed by atoms with van der Waals surface area (Å²) in [5.41, 5.74) is 3.05. The van der Waals surface area contributed by atoms with Crippen molar-refractivity contribution in [1.82, 2.24) is 15.6 Å². The van der Waals surface area contributed by atoms with Gasteiger partial charge in [-0.3, -0.25) is 9.78 Å². The Balaban J connectivity index is 1.23. The van der Waals surface area contributed by atoms with Crippen LogP contribution in [0.4, 0.5) is 10.5 Å². The van der Waals surface area contributed by atoms with Gasteiger partial charge in [-0.25, -0.2) is 4.79 Å². The summed E-state index contributed by atoms with van der Waals surface area (Å²) in [6.45, 7) is 0.822. The molecule has 0 radical (unpaired) electrons. The fraction of sp³-hybridized carbons (Fsp3) is 0.208. The first kappa shape index (κ1) is 20.4. The number of rotatable bonds is 8. The highest BCUT2D eigenvalue weighted by Gasteiger charge is 2.23. The monoisotopic (exact) mass is 416 g/mol. The summed E-state index contributed by atoms with van der Waals surface area (Å²) < 4.78 is 5.74. The second-order valence-corrected chi connectivity index (χ2v) is 7.43. The Bertz CT molecular complexity index is 1030. The zero-order valence-corrected chi connectivity index (χ0v) is 17.0. The van der Waals surface area contributed by atoms with Gasteiger partial charge in [-0.1, -0.05) is 24.3 Å². The number of nitrogens with one attached hydrogen (secondary N) is 3. The normalized spacial score (nSPS) is 12.6. The van der Waals surface area contributed by atoms with Crippen LogP contribution in [0.5, 0.6) is 5.75 Å². The van der Waals surface area contributed by atoms with E-state index in [2.05, 4.69) is 20.9 Å². The molecule has 3 aromatic rings. The number of pyridine rings is 1. The largest absolute Gasteiger partial charge is 0.489 e. The summed E-state index contributed by atoms with van der Waals surface area (Å²) in [6.07, 6.45) is 5.56. The van der Waals surface area contributed by atoms with Gasteiger partial charge in [0.1, 0.15) is 12.4 Å². The Labute approximate surface area is 180 Å². The van der Waals surface area contributed by atoms with Crippen molar-refractivity contribution in [2.24, 2.45) is 0 Å². The van der Waals surface area contributed by atoms with Gasteiger partial charge in [0.15, 0.2) is 0 Å². The van der Waals surface area contributed by atoms with E-state index in [0.29, 0.717) is 30.4 Å². The Morgan fingerprint density at radius 2 is 1.84 bits per heavy atom. The van der Waals surface area contributed by atoms with Gasteiger partial charge >= 0.3 is 6.03 Å². The van der Waals surface area contributed by atoms with E-state index in [4.69, 9.17) is 4.74 Å². The molecule has 158 valence electrons. The Morgan fingerprint density at radius 3 is 2.58 bits per heavy atom. The maximum absolute atomic E-state index is 12.2. The molecule has 7 nitrogen and oxygen atoms in total. The van der Waals surface area contributed by atoms with Crippen LogP contribution >= 0.6 is 0 Å². The number of benzene rings is 2. The number of nitrogens with zero attached hydrogens (tertiary/aromatic N) is 1. The molecule has 1 aliphatic rings. The molecule has 0 spiro atoms. The summed E-state index contributed by atoms with van der Waals surface area (Å²) >= 11 is 0. The lowest BCUT2D eigenvalue weighted by molar-refractivity contribution is 0.0951. The molecular weight excluding hydrogens is 392 g/mol. The third-order valence-corrected chi connectivity index (χ3v) is 4.80. The average Bonchev–Trinajstić information content (AvgIpc) is 3.62. The number of hydrogen-bond donors (Lipinski definition) is 3. The van der Waals surface area contributed by atoms with Crippen LogP contribution in [0.25, 0.3) is 0 Å². The summed E-state index contributed by atoms with van der Waals surface area (Å²) in [5, 5.41) is 8.52. The Hall–Kier alpha value is -3.87. The van der Waals surface area contributed by atoms with Gasteiger partial charge in [-0.2, -0.15) is 0 Å². The molecule has 31 heavy (non-hydrogen) atoms. The van der Waals surface area contributed by atoms with Crippen molar-refractivity contribution in [1.29, 1.82) is 0 Å². The highest BCUT2D eigenvalue weighted by atomic mass is 16.5. The van der Waals surface area contributed by atoms with Crippen molar-refractivity contribution in [3.8, 4) is 5.75 Å². The van der Waals surface area contributed by atoms with Gasteiger partial charge in [0.05, 0.1) is 0 Å². The van der Waals surface area contributed by atoms with Crippen LogP contribution in [-0.4, -0.2) is 23.0 Å². The van der Waals surface area contributed by atoms with Crippen LogP contribution in [0.15, 0.2) is 73.1 Å². The minimum atomic E-state index is -0.336. The summed E-state index contributed by atoms with van der Waals surface area (Å²) in [7, 11) is 0. The zero-order chi connectivity index (χ0) is 21.5. The molecule has 1 aromatic heterocycles. The van der Waals surface area contributed by atoms with Gasteiger partial charge in [-0.05, 0) is 54.8 Å². The molecule has 0 saturated heterocycles. The SMILES string of the molecule is O=C(NCc1ccc(OCc2cccnc2)cc1)Nc1cccc(C(=O)NC2CC2)c1. The van der Waals surface area contributed by atoms with Crippen molar-refractivity contribution >= 4 is 17.6 Å². The molecule has 7 heteroatoms. The van der Waals surface area contributed by atoms with Crippen molar-refractivity contribution in [2.75, 3.05) is 5.32 Å². The third kappa shape index (κ3) is 6.30. The molecule has 0 bridgehead atoms. The van der Waals surface area contributed by atoms with E-state index in [1.807, 2.05) is 36.4 Å². The van der Waals surface area contributed by atoms with E-state index >= 15 is 0 Å². The van der Waals surface area contributed by atoms with Crippen LogP contribution in [0.1, 0.15) is 34.3 Å². The number of aromatic nitrogens is 1. The number of ether oxygens (including phenoxy) is 1. The predicted octanol–water partition coefficient (Wildman–Crippen LogP) is 3.87. The number of urea groups is 1. The zero-order valence-electron chi connectivity index (χ0n) is 17.0. The molecule has 0 aliphatic heterocycles. The number of hydrogen-bond acceptors (Lipinski definition) is 4. The molecule has 0 atom stereocenters. The van der Waals surface area contributed by atoms with E-state index in [-0.39, 0.29) is 11.9 Å². The third-order valence-electron chi connectivity index (χ3n) is 4.80. The first-order valence-electron chi connectivity index (χ1n) is 10.2. The van der Waals surface area contributed by atoms with Crippen LogP contribution in [0.2, 0.25) is 0 Å². The molecule has 1 saturated carbocycles. The van der Waals surface area contributed by atoms with E-state index < -0.39 is 0 Å². The maximum Gasteiger partial charge on any atom is 0.319 e. The number of anilines is 1. The van der Waals surface area contributed by atoms with E-state index in [9.17, 15) is 9.59 Å². The lowest BCUT2D eigenvalue weighted by atomic mass is 10.2. The number of carbonyl (C=O) groups excluding carboxylic acids is 2. The van der Waals surface area contributed by atoms with E-state index in [1.54, 1.807) is 36.7 Å². The summed E-state index contributed by atoms with van der Waals surface area (Å²) in [5.74, 6) is 0.635. The Kier molecular flexibility index (Phi) is 6.42. The van der Waals surface area contributed by atoms with Crippen LogP contribution < -0.4 is 20.7 Å². The van der Waals surface area contributed by atoms with E-state index in [0.717, 1.165) is 29.7 Å². The topological polar surface area (TPSA) is 92.3 Å². The summed E-state index contributed by atoms with van der Waals surface area (Å²) in [4.78, 5) is 28.4. The fourth-order valence-electron chi connectivity index (χ4n) is 2.95. The highest BCUT2D eigenvalue weighted by Crippen LogP contribution is 2.20. The van der Waals surface area contributed by atoms with Crippen molar-refractivity contribution in [3.63, 3.8) is 0 Å². The molecule has 3 amide bonds. The quantitative estimate of drug-likeness (QED) is 0.520. The van der Waals surface area contributed by atoms with Crippen LogP contribution in [-0.2, 0) is 13.2 Å². The fourth-order valence-corrected chi connectivity index (χ4v) is 2.95. The Morgan fingerprint density at radius 1 is 1.00 bits per heavy atom. The second-order valence-electron chi connectivity index (χ2n) is 7.43. The maximum atomic E-state index is 12.2.